The minimum absolute atomic E-state index is 0.0685. The van der Waals surface area contributed by atoms with Crippen LogP contribution in [0.2, 0.25) is 0 Å². The quantitative estimate of drug-likeness (QED) is 0.297. The number of aryl methyl sites for hydroxylation is 1. The molecule has 224 valence electrons. The highest BCUT2D eigenvalue weighted by Crippen LogP contribution is 2.32. The van der Waals surface area contributed by atoms with Gasteiger partial charge in [0.05, 0.1) is 25.1 Å². The van der Waals surface area contributed by atoms with Gasteiger partial charge in [-0.25, -0.2) is 16.8 Å². The van der Waals surface area contributed by atoms with Gasteiger partial charge in [-0.1, -0.05) is 51.5 Å². The summed E-state index contributed by atoms with van der Waals surface area (Å²) in [6, 6.07) is 4.89. The summed E-state index contributed by atoms with van der Waals surface area (Å²) in [5.74, 6) is 0.597. The van der Waals surface area contributed by atoms with Crippen LogP contribution in [0.1, 0.15) is 82.3 Å². The van der Waals surface area contributed by atoms with Crippen molar-refractivity contribution >= 4 is 43.6 Å². The van der Waals surface area contributed by atoms with Crippen LogP contribution in [0.15, 0.2) is 28.6 Å². The van der Waals surface area contributed by atoms with Crippen molar-refractivity contribution < 1.29 is 26.7 Å². The summed E-state index contributed by atoms with van der Waals surface area (Å²) in [6.07, 6.45) is 12.3. The monoisotopic (exact) mass is 596 g/mol. The molecular formula is C28H44N4O6S2. The number of unbranched alkanes of at least 4 members (excludes halogenated alkanes) is 6. The number of amidine groups is 1. The summed E-state index contributed by atoms with van der Waals surface area (Å²) in [5.41, 5.74) is 0.849. The second-order valence-corrected chi connectivity index (χ2v) is 14.5. The molecule has 1 amide bonds. The van der Waals surface area contributed by atoms with Crippen LogP contribution in [0.5, 0.6) is 0 Å². The number of aliphatic hydroxyl groups excluding tert-OH is 1. The zero-order valence-electron chi connectivity index (χ0n) is 23.9. The molecule has 1 saturated heterocycles. The van der Waals surface area contributed by atoms with E-state index >= 15 is 0 Å². The molecular weight excluding hydrogens is 552 g/mol. The molecule has 0 atom stereocenters. The first-order valence-electron chi connectivity index (χ1n) is 14.2. The third-order valence-electron chi connectivity index (χ3n) is 7.62. The van der Waals surface area contributed by atoms with Crippen LogP contribution in [-0.2, 0) is 24.8 Å². The number of carbonyl (C=O) groups excluding carboxylic acids is 1. The van der Waals surface area contributed by atoms with E-state index in [1.54, 1.807) is 25.1 Å². The van der Waals surface area contributed by atoms with Crippen LogP contribution >= 0.6 is 0 Å². The zero-order chi connectivity index (χ0) is 29.4. The van der Waals surface area contributed by atoms with Crippen molar-refractivity contribution in [2.24, 2.45) is 4.99 Å². The van der Waals surface area contributed by atoms with Crippen molar-refractivity contribution in [3.63, 3.8) is 0 Å². The number of hydrogen-bond acceptors (Lipinski definition) is 7. The number of aliphatic imine (C=N–C) groups is 1. The van der Waals surface area contributed by atoms with Crippen LogP contribution in [0.3, 0.4) is 0 Å². The fourth-order valence-corrected chi connectivity index (χ4v) is 7.32. The van der Waals surface area contributed by atoms with Crippen molar-refractivity contribution in [1.82, 2.24) is 9.62 Å². The normalized spacial score (nSPS) is 17.9. The van der Waals surface area contributed by atoms with Gasteiger partial charge in [0.2, 0.25) is 20.0 Å². The van der Waals surface area contributed by atoms with Gasteiger partial charge in [0.15, 0.2) is 0 Å². The fourth-order valence-electron chi connectivity index (χ4n) is 5.23. The fraction of sp³-hybridized carbons (Fsp3) is 0.643. The Hall–Kier alpha value is -2.28. The highest BCUT2D eigenvalue weighted by molar-refractivity contribution is 7.92. The number of rotatable bonds is 15. The van der Waals surface area contributed by atoms with Crippen LogP contribution < -0.4 is 9.62 Å². The molecule has 2 heterocycles. The van der Waals surface area contributed by atoms with Crippen LogP contribution in [0.4, 0.5) is 5.69 Å². The zero-order valence-corrected chi connectivity index (χ0v) is 25.6. The summed E-state index contributed by atoms with van der Waals surface area (Å²) >= 11 is 0. The van der Waals surface area contributed by atoms with E-state index in [4.69, 9.17) is 4.99 Å². The van der Waals surface area contributed by atoms with Gasteiger partial charge in [0.1, 0.15) is 11.4 Å². The van der Waals surface area contributed by atoms with Gasteiger partial charge in [-0.3, -0.25) is 14.1 Å². The second-order valence-electron chi connectivity index (χ2n) is 10.8. The van der Waals surface area contributed by atoms with Gasteiger partial charge >= 0.3 is 0 Å². The Kier molecular flexibility index (Phi) is 11.3. The van der Waals surface area contributed by atoms with E-state index in [9.17, 15) is 26.7 Å². The van der Waals surface area contributed by atoms with Crippen molar-refractivity contribution in [1.29, 1.82) is 0 Å². The Morgan fingerprint density at radius 2 is 1.73 bits per heavy atom. The Balaban J connectivity index is 1.58. The maximum atomic E-state index is 13.1. The van der Waals surface area contributed by atoms with E-state index in [1.165, 1.54) is 42.5 Å². The van der Waals surface area contributed by atoms with Crippen LogP contribution in [-0.4, -0.2) is 76.0 Å². The molecule has 1 aromatic rings. The van der Waals surface area contributed by atoms with E-state index in [0.29, 0.717) is 29.7 Å². The maximum Gasteiger partial charge on any atom is 0.253 e. The van der Waals surface area contributed by atoms with Gasteiger partial charge < -0.3 is 10.4 Å². The van der Waals surface area contributed by atoms with E-state index < -0.39 is 25.6 Å². The first-order chi connectivity index (χ1) is 18.9. The van der Waals surface area contributed by atoms with Gasteiger partial charge in [0.25, 0.3) is 5.91 Å². The topological polar surface area (TPSA) is 136 Å². The number of benzene rings is 1. The van der Waals surface area contributed by atoms with E-state index in [1.807, 2.05) is 0 Å². The highest BCUT2D eigenvalue weighted by atomic mass is 32.2. The first-order valence-corrected chi connectivity index (χ1v) is 17.5. The largest absolute Gasteiger partial charge is 0.394 e. The van der Waals surface area contributed by atoms with Crippen molar-refractivity contribution in [2.75, 3.05) is 36.8 Å². The lowest BCUT2D eigenvalue weighted by Crippen LogP contribution is -2.50. The first kappa shape index (κ1) is 32.2. The van der Waals surface area contributed by atoms with E-state index in [0.717, 1.165) is 41.1 Å². The molecule has 12 heteroatoms. The predicted octanol–water partition coefficient (Wildman–Crippen LogP) is 3.56. The Labute approximate surface area is 239 Å². The van der Waals surface area contributed by atoms with Crippen molar-refractivity contribution in [2.45, 2.75) is 83.6 Å². The molecule has 1 fully saturated rings. The summed E-state index contributed by atoms with van der Waals surface area (Å²) in [4.78, 5) is 17.5. The third-order valence-corrected chi connectivity index (χ3v) is 10.4. The maximum absolute atomic E-state index is 13.1. The second kappa shape index (κ2) is 14.1. The Bertz CT molecular complexity index is 1300. The Morgan fingerprint density at radius 1 is 1.07 bits per heavy atom. The molecule has 0 radical (unpaired) electrons. The summed E-state index contributed by atoms with van der Waals surface area (Å²) in [5, 5.41) is 13.3. The molecule has 2 aliphatic heterocycles. The number of nitrogens with one attached hydrogen (secondary N) is 1. The van der Waals surface area contributed by atoms with Crippen LogP contribution in [0, 0.1) is 6.92 Å². The molecule has 0 bridgehead atoms. The number of hydrogen-bond donors (Lipinski definition) is 2. The van der Waals surface area contributed by atoms with Gasteiger partial charge in [-0.2, -0.15) is 4.31 Å². The molecule has 0 saturated carbocycles. The molecule has 0 aromatic heterocycles. The minimum atomic E-state index is -3.73. The molecule has 1 aromatic carbocycles. The van der Waals surface area contributed by atoms with Gasteiger partial charge in [-0.05, 0) is 55.5 Å². The van der Waals surface area contributed by atoms with Crippen LogP contribution in [0.25, 0.3) is 6.08 Å². The molecule has 1 spiro atoms. The molecule has 10 nitrogen and oxygen atoms in total. The van der Waals surface area contributed by atoms with Gasteiger partial charge in [-0.15, -0.1) is 0 Å². The van der Waals surface area contributed by atoms with E-state index in [-0.39, 0.29) is 32.1 Å². The lowest BCUT2D eigenvalue weighted by molar-refractivity contribution is -0.124. The number of sulfonamides is 2. The van der Waals surface area contributed by atoms with Crippen molar-refractivity contribution in [3.8, 4) is 0 Å². The highest BCUT2D eigenvalue weighted by Gasteiger charge is 2.46. The van der Waals surface area contributed by atoms with Crippen molar-refractivity contribution in [3.05, 3.63) is 34.7 Å². The lowest BCUT2D eigenvalue weighted by Gasteiger charge is -2.34. The number of aliphatic hydroxyl groups is 1. The average Bonchev–Trinajstić information content (AvgIpc) is 3.19. The van der Waals surface area contributed by atoms with E-state index in [2.05, 4.69) is 12.2 Å². The molecule has 3 rings (SSSR count). The number of amides is 1. The van der Waals surface area contributed by atoms with Gasteiger partial charge in [0, 0.05) is 24.9 Å². The standard InChI is InChI=1S/C28H44N4O6S2/c1-4-5-6-7-8-9-10-11-26-29-27(34)28(30-26)15-17-31(18-16-28)40(37,38)21-14-24-12-13-25(22-23(24)2)32(19-20-33)39(3,35)36/h12-14,21-22,33H,4-11,15-20H2,1-3H3,(H,29,30,34). The summed E-state index contributed by atoms with van der Waals surface area (Å²) in [6.45, 7) is 3.99. The summed E-state index contributed by atoms with van der Waals surface area (Å²) < 4.78 is 52.7. The molecule has 2 N–H and O–H groups in total. The average molecular weight is 597 g/mol. The summed E-state index contributed by atoms with van der Waals surface area (Å²) in [7, 11) is -7.30. The molecule has 0 aliphatic carbocycles. The lowest BCUT2D eigenvalue weighted by atomic mass is 9.89. The molecule has 2 aliphatic rings. The number of nitrogens with zero attached hydrogens (tertiary/aromatic N) is 3. The Morgan fingerprint density at radius 3 is 2.33 bits per heavy atom. The minimum Gasteiger partial charge on any atom is -0.394 e. The number of piperidine rings is 1. The smallest absolute Gasteiger partial charge is 0.253 e. The predicted molar refractivity (Wildman–Crippen MR) is 160 cm³/mol. The molecule has 40 heavy (non-hydrogen) atoms. The number of carbonyl (C=O) groups is 1. The SMILES string of the molecule is CCCCCCCCCC1=NC2(CCN(S(=O)(=O)C=Cc3ccc(N(CCO)S(C)(=O)=O)cc3C)CC2)C(=O)N1. The third kappa shape index (κ3) is 8.37. The number of anilines is 1. The molecule has 0 unspecified atom stereocenters.